The number of amides is 1. The molecule has 3 rings (SSSR count). The molecular weight excluding hydrogens is 318 g/mol. The number of hydrogen-bond donors (Lipinski definition) is 0. The van der Waals surface area contributed by atoms with Crippen molar-refractivity contribution in [3.63, 3.8) is 0 Å². The SMILES string of the molecule is CCOCC(=O)N(Cc1ccc2c(c1)OCO2)C1CCCC(C)C1C. The predicted molar refractivity (Wildman–Crippen MR) is 95.6 cm³/mol. The molecule has 1 amide bonds. The molecule has 3 unspecified atom stereocenters. The minimum absolute atomic E-state index is 0.0745. The van der Waals surface area contributed by atoms with Crippen molar-refractivity contribution in [1.29, 1.82) is 0 Å². The fourth-order valence-electron chi connectivity index (χ4n) is 3.89. The third-order valence-electron chi connectivity index (χ3n) is 5.60. The van der Waals surface area contributed by atoms with Crippen LogP contribution in [0.1, 0.15) is 45.6 Å². The summed E-state index contributed by atoms with van der Waals surface area (Å²) in [5.41, 5.74) is 1.07. The first-order chi connectivity index (χ1) is 12.1. The van der Waals surface area contributed by atoms with E-state index in [2.05, 4.69) is 13.8 Å². The molecule has 3 atom stereocenters. The molecular formula is C20H29NO4. The second kappa shape index (κ2) is 8.09. The average molecular weight is 347 g/mol. The fraction of sp³-hybridized carbons (Fsp3) is 0.650. The number of ether oxygens (including phenoxy) is 3. The van der Waals surface area contributed by atoms with E-state index in [0.29, 0.717) is 25.0 Å². The van der Waals surface area contributed by atoms with Crippen molar-refractivity contribution in [2.75, 3.05) is 20.0 Å². The molecule has 1 aliphatic heterocycles. The van der Waals surface area contributed by atoms with Crippen LogP contribution in [0.15, 0.2) is 18.2 Å². The summed E-state index contributed by atoms with van der Waals surface area (Å²) < 4.78 is 16.3. The average Bonchev–Trinajstić information content (AvgIpc) is 3.08. The minimum Gasteiger partial charge on any atom is -0.454 e. The molecule has 25 heavy (non-hydrogen) atoms. The molecule has 0 saturated heterocycles. The van der Waals surface area contributed by atoms with E-state index < -0.39 is 0 Å². The van der Waals surface area contributed by atoms with Gasteiger partial charge in [0.05, 0.1) is 0 Å². The highest BCUT2D eigenvalue weighted by Gasteiger charge is 2.34. The highest BCUT2D eigenvalue weighted by Crippen LogP contribution is 2.36. The first-order valence-electron chi connectivity index (χ1n) is 9.36. The van der Waals surface area contributed by atoms with E-state index in [1.165, 1.54) is 12.8 Å². The molecule has 0 radical (unpaired) electrons. The van der Waals surface area contributed by atoms with E-state index in [-0.39, 0.29) is 25.3 Å². The summed E-state index contributed by atoms with van der Waals surface area (Å²) in [7, 11) is 0. The Morgan fingerprint density at radius 2 is 2.04 bits per heavy atom. The van der Waals surface area contributed by atoms with E-state index in [1.807, 2.05) is 30.0 Å². The number of fused-ring (bicyclic) bond motifs is 1. The first-order valence-corrected chi connectivity index (χ1v) is 9.36. The molecule has 2 aliphatic rings. The van der Waals surface area contributed by atoms with Gasteiger partial charge in [-0.15, -0.1) is 0 Å². The largest absolute Gasteiger partial charge is 0.454 e. The topological polar surface area (TPSA) is 48.0 Å². The summed E-state index contributed by atoms with van der Waals surface area (Å²) in [5.74, 6) is 2.74. The molecule has 1 aliphatic carbocycles. The van der Waals surface area contributed by atoms with Crippen LogP contribution in [0.4, 0.5) is 0 Å². The van der Waals surface area contributed by atoms with Crippen molar-refractivity contribution in [3.05, 3.63) is 23.8 Å². The lowest BCUT2D eigenvalue weighted by Crippen LogP contribution is -2.48. The van der Waals surface area contributed by atoms with E-state index in [0.717, 1.165) is 23.5 Å². The summed E-state index contributed by atoms with van der Waals surface area (Å²) in [4.78, 5) is 14.9. The van der Waals surface area contributed by atoms with Gasteiger partial charge in [0, 0.05) is 19.2 Å². The van der Waals surface area contributed by atoms with Crippen LogP contribution < -0.4 is 9.47 Å². The molecule has 0 N–H and O–H groups in total. The number of carbonyl (C=O) groups is 1. The smallest absolute Gasteiger partial charge is 0.249 e. The van der Waals surface area contributed by atoms with Crippen LogP contribution in [0, 0.1) is 11.8 Å². The number of benzene rings is 1. The van der Waals surface area contributed by atoms with Crippen molar-refractivity contribution < 1.29 is 19.0 Å². The van der Waals surface area contributed by atoms with Gasteiger partial charge in [0.1, 0.15) is 6.61 Å². The molecule has 1 aromatic rings. The lowest BCUT2D eigenvalue weighted by molar-refractivity contribution is -0.141. The van der Waals surface area contributed by atoms with Gasteiger partial charge in [0.2, 0.25) is 12.7 Å². The maximum atomic E-state index is 12.8. The van der Waals surface area contributed by atoms with Crippen molar-refractivity contribution in [1.82, 2.24) is 4.90 Å². The summed E-state index contributed by atoms with van der Waals surface area (Å²) in [6.45, 7) is 8.05. The van der Waals surface area contributed by atoms with Crippen LogP contribution >= 0.6 is 0 Å². The van der Waals surface area contributed by atoms with Gasteiger partial charge in [-0.05, 0) is 42.9 Å². The first kappa shape index (κ1) is 18.1. The van der Waals surface area contributed by atoms with Crippen LogP contribution in [-0.4, -0.2) is 36.9 Å². The van der Waals surface area contributed by atoms with E-state index in [1.54, 1.807) is 0 Å². The van der Waals surface area contributed by atoms with Gasteiger partial charge < -0.3 is 19.1 Å². The van der Waals surface area contributed by atoms with E-state index in [9.17, 15) is 4.79 Å². The van der Waals surface area contributed by atoms with Crippen LogP contribution in [0.5, 0.6) is 11.5 Å². The zero-order chi connectivity index (χ0) is 17.8. The third kappa shape index (κ3) is 4.09. The molecule has 0 bridgehead atoms. The molecule has 5 nitrogen and oxygen atoms in total. The standard InChI is InChI=1S/C20H29NO4/c1-4-23-12-20(22)21(17-7-5-6-14(2)15(17)3)11-16-8-9-18-19(10-16)25-13-24-18/h8-10,14-15,17H,4-7,11-13H2,1-3H3. The molecule has 1 aromatic carbocycles. The fourth-order valence-corrected chi connectivity index (χ4v) is 3.89. The molecule has 138 valence electrons. The summed E-state index contributed by atoms with van der Waals surface area (Å²) in [5, 5.41) is 0. The maximum Gasteiger partial charge on any atom is 0.249 e. The third-order valence-corrected chi connectivity index (χ3v) is 5.60. The molecule has 1 fully saturated rings. The highest BCUT2D eigenvalue weighted by atomic mass is 16.7. The van der Waals surface area contributed by atoms with Crippen molar-refractivity contribution in [2.24, 2.45) is 11.8 Å². The highest BCUT2D eigenvalue weighted by molar-refractivity contribution is 5.78. The Labute approximate surface area is 150 Å². The van der Waals surface area contributed by atoms with Gasteiger partial charge in [-0.25, -0.2) is 0 Å². The van der Waals surface area contributed by atoms with E-state index >= 15 is 0 Å². The zero-order valence-corrected chi connectivity index (χ0v) is 15.5. The second-order valence-electron chi connectivity index (χ2n) is 7.18. The quantitative estimate of drug-likeness (QED) is 0.789. The Balaban J connectivity index is 1.79. The Kier molecular flexibility index (Phi) is 5.84. The number of nitrogens with zero attached hydrogens (tertiary/aromatic N) is 1. The lowest BCUT2D eigenvalue weighted by atomic mass is 9.77. The number of hydrogen-bond acceptors (Lipinski definition) is 4. The van der Waals surface area contributed by atoms with Crippen LogP contribution in [0.2, 0.25) is 0 Å². The number of carbonyl (C=O) groups excluding carboxylic acids is 1. The maximum absolute atomic E-state index is 12.8. The lowest BCUT2D eigenvalue weighted by Gasteiger charge is -2.41. The van der Waals surface area contributed by atoms with E-state index in [4.69, 9.17) is 14.2 Å². The van der Waals surface area contributed by atoms with Crippen LogP contribution in [0.25, 0.3) is 0 Å². The van der Waals surface area contributed by atoms with Gasteiger partial charge in [0.25, 0.3) is 0 Å². The molecule has 1 heterocycles. The Morgan fingerprint density at radius 3 is 2.84 bits per heavy atom. The molecule has 0 aromatic heterocycles. The second-order valence-corrected chi connectivity index (χ2v) is 7.18. The van der Waals surface area contributed by atoms with Crippen LogP contribution in [0.3, 0.4) is 0 Å². The van der Waals surface area contributed by atoms with Crippen molar-refractivity contribution >= 4 is 5.91 Å². The normalized spacial score (nSPS) is 25.0. The Bertz CT molecular complexity index is 603. The van der Waals surface area contributed by atoms with Crippen molar-refractivity contribution in [2.45, 2.75) is 52.6 Å². The van der Waals surface area contributed by atoms with Gasteiger partial charge in [-0.2, -0.15) is 0 Å². The minimum atomic E-state index is 0.0745. The number of rotatable bonds is 6. The van der Waals surface area contributed by atoms with Crippen LogP contribution in [-0.2, 0) is 16.1 Å². The zero-order valence-electron chi connectivity index (χ0n) is 15.5. The van der Waals surface area contributed by atoms with Crippen molar-refractivity contribution in [3.8, 4) is 11.5 Å². The summed E-state index contributed by atoms with van der Waals surface area (Å²) in [6, 6.07) is 6.20. The van der Waals surface area contributed by atoms with Gasteiger partial charge in [0.15, 0.2) is 11.5 Å². The summed E-state index contributed by atoms with van der Waals surface area (Å²) in [6.07, 6.45) is 3.48. The monoisotopic (exact) mass is 347 g/mol. The molecule has 1 saturated carbocycles. The Hall–Kier alpha value is -1.75. The molecule has 5 heteroatoms. The summed E-state index contributed by atoms with van der Waals surface area (Å²) >= 11 is 0. The predicted octanol–water partition coefficient (Wildman–Crippen LogP) is 3.61. The van der Waals surface area contributed by atoms with Gasteiger partial charge >= 0.3 is 0 Å². The van der Waals surface area contributed by atoms with Gasteiger partial charge in [-0.1, -0.05) is 32.8 Å². The Morgan fingerprint density at radius 1 is 1.24 bits per heavy atom. The molecule has 0 spiro atoms. The van der Waals surface area contributed by atoms with Gasteiger partial charge in [-0.3, -0.25) is 4.79 Å².